The van der Waals surface area contributed by atoms with E-state index in [4.69, 9.17) is 0 Å². The zero-order valence-electron chi connectivity index (χ0n) is 10.0. The van der Waals surface area contributed by atoms with Gasteiger partial charge in [-0.3, -0.25) is 14.2 Å². The van der Waals surface area contributed by atoms with Gasteiger partial charge < -0.3 is 5.11 Å². The SMILES string of the molecule is C=CCn1c(O)c(C(C)=O)c2ccccc2c1=O. The van der Waals surface area contributed by atoms with Crippen molar-refractivity contribution >= 4 is 16.6 Å². The van der Waals surface area contributed by atoms with E-state index in [2.05, 4.69) is 6.58 Å². The van der Waals surface area contributed by atoms with Crippen molar-refractivity contribution in [3.63, 3.8) is 0 Å². The number of carbonyl (C=O) groups is 1. The molecule has 2 rings (SSSR count). The van der Waals surface area contributed by atoms with E-state index in [0.717, 1.165) is 4.57 Å². The lowest BCUT2D eigenvalue weighted by molar-refractivity contribution is 0.101. The second-order valence-electron chi connectivity index (χ2n) is 4.00. The molecule has 92 valence electrons. The number of pyridine rings is 1. The van der Waals surface area contributed by atoms with Crippen molar-refractivity contribution < 1.29 is 9.90 Å². The topological polar surface area (TPSA) is 59.3 Å². The van der Waals surface area contributed by atoms with Crippen LogP contribution < -0.4 is 5.56 Å². The zero-order valence-corrected chi connectivity index (χ0v) is 10.0. The van der Waals surface area contributed by atoms with Crippen LogP contribution in [-0.2, 0) is 6.54 Å². The Bertz CT molecular complexity index is 698. The summed E-state index contributed by atoms with van der Waals surface area (Å²) in [6.45, 7) is 5.06. The third-order valence-electron chi connectivity index (χ3n) is 2.81. The van der Waals surface area contributed by atoms with E-state index in [0.29, 0.717) is 10.8 Å². The van der Waals surface area contributed by atoms with Gasteiger partial charge in [-0.15, -0.1) is 6.58 Å². The lowest BCUT2D eigenvalue weighted by Crippen LogP contribution is -2.21. The van der Waals surface area contributed by atoms with E-state index >= 15 is 0 Å². The Morgan fingerprint density at radius 1 is 1.39 bits per heavy atom. The van der Waals surface area contributed by atoms with E-state index in [1.807, 2.05) is 0 Å². The van der Waals surface area contributed by atoms with Gasteiger partial charge in [0.15, 0.2) is 5.78 Å². The first kappa shape index (κ1) is 12.1. The number of carbonyl (C=O) groups excluding carboxylic acids is 1. The van der Waals surface area contributed by atoms with Gasteiger partial charge in [-0.2, -0.15) is 0 Å². The van der Waals surface area contributed by atoms with Gasteiger partial charge in [0.1, 0.15) is 0 Å². The van der Waals surface area contributed by atoms with Gasteiger partial charge >= 0.3 is 0 Å². The molecule has 1 heterocycles. The minimum absolute atomic E-state index is 0.162. The quantitative estimate of drug-likeness (QED) is 0.663. The molecule has 0 radical (unpaired) electrons. The molecule has 1 N–H and O–H groups in total. The Labute approximate surface area is 104 Å². The molecule has 4 nitrogen and oxygen atoms in total. The van der Waals surface area contributed by atoms with Crippen LogP contribution in [-0.4, -0.2) is 15.5 Å². The second-order valence-corrected chi connectivity index (χ2v) is 4.00. The van der Waals surface area contributed by atoms with Crippen LogP contribution in [0, 0.1) is 0 Å². The number of hydrogen-bond donors (Lipinski definition) is 1. The maximum atomic E-state index is 12.2. The van der Waals surface area contributed by atoms with Gasteiger partial charge in [-0.05, 0) is 13.0 Å². The van der Waals surface area contributed by atoms with Crippen LogP contribution in [0.2, 0.25) is 0 Å². The Morgan fingerprint density at radius 3 is 2.56 bits per heavy atom. The molecular formula is C14H13NO3. The molecule has 0 amide bonds. The van der Waals surface area contributed by atoms with Gasteiger partial charge in [0.05, 0.1) is 5.56 Å². The Balaban J connectivity index is 3.01. The van der Waals surface area contributed by atoms with Gasteiger partial charge in [0, 0.05) is 17.3 Å². The summed E-state index contributed by atoms with van der Waals surface area (Å²) in [5.74, 6) is -0.576. The summed E-state index contributed by atoms with van der Waals surface area (Å²) < 4.78 is 1.14. The van der Waals surface area contributed by atoms with Gasteiger partial charge in [0.2, 0.25) is 5.88 Å². The summed E-state index contributed by atoms with van der Waals surface area (Å²) in [6.07, 6.45) is 1.50. The van der Waals surface area contributed by atoms with Gasteiger partial charge in [-0.1, -0.05) is 24.3 Å². The summed E-state index contributed by atoms with van der Waals surface area (Å²) in [7, 11) is 0. The molecule has 0 aliphatic carbocycles. The first-order chi connectivity index (χ1) is 8.57. The number of hydrogen-bond acceptors (Lipinski definition) is 3. The first-order valence-electron chi connectivity index (χ1n) is 5.54. The molecule has 0 aliphatic heterocycles. The number of aromatic nitrogens is 1. The van der Waals surface area contributed by atoms with Crippen molar-refractivity contribution in [1.82, 2.24) is 4.57 Å². The van der Waals surface area contributed by atoms with E-state index in [-0.39, 0.29) is 29.3 Å². The first-order valence-corrected chi connectivity index (χ1v) is 5.54. The highest BCUT2D eigenvalue weighted by atomic mass is 16.3. The lowest BCUT2D eigenvalue weighted by Gasteiger charge is -2.12. The van der Waals surface area contributed by atoms with Crippen LogP contribution in [0.5, 0.6) is 5.88 Å². The van der Waals surface area contributed by atoms with Gasteiger partial charge in [-0.25, -0.2) is 0 Å². The molecule has 1 aromatic heterocycles. The molecule has 2 aromatic rings. The molecule has 0 spiro atoms. The highest BCUT2D eigenvalue weighted by Crippen LogP contribution is 2.24. The normalized spacial score (nSPS) is 10.5. The number of benzene rings is 1. The molecule has 0 saturated heterocycles. The van der Waals surface area contributed by atoms with Gasteiger partial charge in [0.25, 0.3) is 5.56 Å². The average molecular weight is 243 g/mol. The smallest absolute Gasteiger partial charge is 0.261 e. The minimum atomic E-state index is -0.326. The number of allylic oxidation sites excluding steroid dienone is 1. The Morgan fingerprint density at radius 2 is 2.00 bits per heavy atom. The molecule has 0 atom stereocenters. The highest BCUT2D eigenvalue weighted by molar-refractivity contribution is 6.08. The lowest BCUT2D eigenvalue weighted by atomic mass is 10.0. The number of Topliss-reactive ketones (excluding diaryl/α,β-unsaturated/α-hetero) is 1. The molecule has 0 bridgehead atoms. The van der Waals surface area contributed by atoms with Crippen molar-refractivity contribution in [2.45, 2.75) is 13.5 Å². The fraction of sp³-hybridized carbons (Fsp3) is 0.143. The third-order valence-corrected chi connectivity index (χ3v) is 2.81. The minimum Gasteiger partial charge on any atom is -0.494 e. The largest absolute Gasteiger partial charge is 0.494 e. The monoisotopic (exact) mass is 243 g/mol. The predicted molar refractivity (Wildman–Crippen MR) is 70.1 cm³/mol. The number of aromatic hydroxyl groups is 1. The number of nitrogens with zero attached hydrogens (tertiary/aromatic N) is 1. The maximum Gasteiger partial charge on any atom is 0.261 e. The Hall–Kier alpha value is -2.36. The molecule has 4 heteroatoms. The molecule has 0 fully saturated rings. The third kappa shape index (κ3) is 1.72. The summed E-state index contributed by atoms with van der Waals surface area (Å²) >= 11 is 0. The predicted octanol–water partition coefficient (Wildman–Crippen LogP) is 2.10. The van der Waals surface area contributed by atoms with Crippen LogP contribution >= 0.6 is 0 Å². The second kappa shape index (κ2) is 4.49. The highest BCUT2D eigenvalue weighted by Gasteiger charge is 2.17. The maximum absolute atomic E-state index is 12.2. The fourth-order valence-electron chi connectivity index (χ4n) is 2.03. The van der Waals surface area contributed by atoms with Crippen LogP contribution in [0.3, 0.4) is 0 Å². The van der Waals surface area contributed by atoms with E-state index in [1.54, 1.807) is 24.3 Å². The van der Waals surface area contributed by atoms with Crippen LogP contribution in [0.1, 0.15) is 17.3 Å². The summed E-state index contributed by atoms with van der Waals surface area (Å²) in [5, 5.41) is 11.0. The Kier molecular flexibility index (Phi) is 3.02. The van der Waals surface area contributed by atoms with Crippen molar-refractivity contribution in [1.29, 1.82) is 0 Å². The van der Waals surface area contributed by atoms with Crippen LogP contribution in [0.4, 0.5) is 0 Å². The van der Waals surface area contributed by atoms with E-state index in [9.17, 15) is 14.7 Å². The number of fused-ring (bicyclic) bond motifs is 1. The zero-order chi connectivity index (χ0) is 13.3. The summed E-state index contributed by atoms with van der Waals surface area (Å²) in [4.78, 5) is 23.8. The molecule has 1 aromatic carbocycles. The van der Waals surface area contributed by atoms with Crippen molar-refractivity contribution in [3.05, 3.63) is 52.8 Å². The van der Waals surface area contributed by atoms with Crippen molar-refractivity contribution in [2.75, 3.05) is 0 Å². The fourth-order valence-corrected chi connectivity index (χ4v) is 2.03. The standard InChI is InChI=1S/C14H13NO3/c1-3-8-15-13(17)11-7-5-4-6-10(11)12(9(2)16)14(15)18/h3-7,18H,1,8H2,2H3. The van der Waals surface area contributed by atoms with Crippen LogP contribution in [0.15, 0.2) is 41.7 Å². The average Bonchev–Trinajstić information content (AvgIpc) is 2.34. The molecule has 0 saturated carbocycles. The number of ketones is 1. The molecule has 18 heavy (non-hydrogen) atoms. The molecular weight excluding hydrogens is 230 g/mol. The van der Waals surface area contributed by atoms with Crippen molar-refractivity contribution in [2.24, 2.45) is 0 Å². The van der Waals surface area contributed by atoms with Crippen LogP contribution in [0.25, 0.3) is 10.8 Å². The molecule has 0 unspecified atom stereocenters. The van der Waals surface area contributed by atoms with Crippen molar-refractivity contribution in [3.8, 4) is 5.88 Å². The summed E-state index contributed by atoms with van der Waals surface area (Å²) in [5.41, 5.74) is -0.153. The van der Waals surface area contributed by atoms with E-state index in [1.165, 1.54) is 13.0 Å². The van der Waals surface area contributed by atoms with E-state index < -0.39 is 0 Å². The summed E-state index contributed by atoms with van der Waals surface area (Å²) in [6, 6.07) is 6.75. The molecule has 0 aliphatic rings. The number of rotatable bonds is 3.